The summed E-state index contributed by atoms with van der Waals surface area (Å²) in [5.74, 6) is -0.527. The predicted octanol–water partition coefficient (Wildman–Crippen LogP) is 2.27. The molecule has 4 aliphatic rings. The first-order chi connectivity index (χ1) is 12.3. The van der Waals surface area contributed by atoms with Gasteiger partial charge >= 0.3 is 5.97 Å². The van der Waals surface area contributed by atoms with Crippen LogP contribution >= 0.6 is 11.3 Å². The van der Waals surface area contributed by atoms with Crippen molar-refractivity contribution in [1.82, 2.24) is 5.32 Å². The highest BCUT2D eigenvalue weighted by molar-refractivity contribution is 7.12. The SMILES string of the molecule is O=C(COC(=O)CC12C[C@@H]3C[C@@H](CC(O)(C3)C1)C2)NC(=O)c1cccs1. The van der Waals surface area contributed by atoms with Crippen LogP contribution in [0.25, 0.3) is 0 Å². The molecule has 0 aromatic carbocycles. The van der Waals surface area contributed by atoms with Gasteiger partial charge in [0.2, 0.25) is 0 Å². The molecule has 1 aromatic heterocycles. The number of hydrogen-bond donors (Lipinski definition) is 2. The number of aliphatic hydroxyl groups is 1. The van der Waals surface area contributed by atoms with Crippen molar-refractivity contribution in [2.45, 2.75) is 50.5 Å². The third-order valence-electron chi connectivity index (χ3n) is 6.03. The Morgan fingerprint density at radius 3 is 2.58 bits per heavy atom. The van der Waals surface area contributed by atoms with E-state index >= 15 is 0 Å². The second kappa shape index (κ2) is 6.46. The van der Waals surface area contributed by atoms with Gasteiger partial charge in [-0.1, -0.05) is 6.07 Å². The Labute approximate surface area is 155 Å². The van der Waals surface area contributed by atoms with E-state index in [4.69, 9.17) is 4.74 Å². The van der Waals surface area contributed by atoms with Crippen LogP contribution in [0.1, 0.15) is 54.6 Å². The minimum absolute atomic E-state index is 0.181. The van der Waals surface area contributed by atoms with Crippen LogP contribution in [-0.4, -0.2) is 35.1 Å². The zero-order valence-corrected chi connectivity index (χ0v) is 15.3. The van der Waals surface area contributed by atoms with Crippen LogP contribution in [0.2, 0.25) is 0 Å². The summed E-state index contributed by atoms with van der Waals surface area (Å²) < 4.78 is 5.11. The van der Waals surface area contributed by atoms with Gasteiger partial charge in [0.05, 0.1) is 16.9 Å². The van der Waals surface area contributed by atoms with Gasteiger partial charge in [0.15, 0.2) is 6.61 Å². The number of carbonyl (C=O) groups is 3. The minimum atomic E-state index is -0.624. The molecule has 26 heavy (non-hydrogen) atoms. The smallest absolute Gasteiger partial charge is 0.306 e. The molecule has 4 atom stereocenters. The fraction of sp³-hybridized carbons (Fsp3) is 0.632. The number of hydrogen-bond acceptors (Lipinski definition) is 6. The topological polar surface area (TPSA) is 92.7 Å². The van der Waals surface area contributed by atoms with Crippen molar-refractivity contribution in [2.24, 2.45) is 17.3 Å². The lowest BCUT2D eigenvalue weighted by molar-refractivity contribution is -0.177. The van der Waals surface area contributed by atoms with E-state index in [1.165, 1.54) is 11.3 Å². The predicted molar refractivity (Wildman–Crippen MR) is 94.4 cm³/mol. The summed E-state index contributed by atoms with van der Waals surface area (Å²) in [4.78, 5) is 36.3. The quantitative estimate of drug-likeness (QED) is 0.768. The van der Waals surface area contributed by atoms with Crippen LogP contribution in [0.5, 0.6) is 0 Å². The van der Waals surface area contributed by atoms with Crippen molar-refractivity contribution in [1.29, 1.82) is 0 Å². The molecule has 0 spiro atoms. The molecule has 0 radical (unpaired) electrons. The number of carbonyl (C=O) groups excluding carboxylic acids is 3. The van der Waals surface area contributed by atoms with Crippen molar-refractivity contribution in [2.75, 3.05) is 6.61 Å². The Morgan fingerprint density at radius 2 is 1.96 bits per heavy atom. The number of nitrogens with one attached hydrogen (secondary N) is 1. The maximum absolute atomic E-state index is 12.3. The Balaban J connectivity index is 1.28. The monoisotopic (exact) mass is 377 g/mol. The lowest BCUT2D eigenvalue weighted by atomic mass is 9.47. The van der Waals surface area contributed by atoms with Crippen molar-refractivity contribution in [3.8, 4) is 0 Å². The van der Waals surface area contributed by atoms with E-state index in [0.717, 1.165) is 32.1 Å². The number of rotatable bonds is 5. The van der Waals surface area contributed by atoms with Crippen LogP contribution in [-0.2, 0) is 14.3 Å². The highest BCUT2D eigenvalue weighted by atomic mass is 32.1. The summed E-state index contributed by atoms with van der Waals surface area (Å²) in [6, 6.07) is 3.35. The first-order valence-corrected chi connectivity index (χ1v) is 9.99. The number of thiophene rings is 1. The summed E-state index contributed by atoms with van der Waals surface area (Å²) in [6.07, 6.45) is 5.70. The maximum atomic E-state index is 12.3. The van der Waals surface area contributed by atoms with Gasteiger partial charge in [-0.15, -0.1) is 11.3 Å². The maximum Gasteiger partial charge on any atom is 0.306 e. The molecule has 2 amide bonds. The molecule has 4 saturated carbocycles. The average molecular weight is 377 g/mol. The van der Waals surface area contributed by atoms with Crippen LogP contribution in [0.4, 0.5) is 0 Å². The van der Waals surface area contributed by atoms with Gasteiger partial charge in [0, 0.05) is 0 Å². The molecule has 2 unspecified atom stereocenters. The largest absolute Gasteiger partial charge is 0.456 e. The molecule has 4 aliphatic carbocycles. The van der Waals surface area contributed by atoms with Crippen LogP contribution < -0.4 is 5.32 Å². The first kappa shape index (κ1) is 17.7. The third-order valence-corrected chi connectivity index (χ3v) is 6.90. The molecule has 5 rings (SSSR count). The highest BCUT2D eigenvalue weighted by Gasteiger charge is 2.57. The van der Waals surface area contributed by atoms with Gasteiger partial charge in [0.1, 0.15) is 0 Å². The van der Waals surface area contributed by atoms with Crippen LogP contribution in [0.15, 0.2) is 17.5 Å². The van der Waals surface area contributed by atoms with E-state index in [0.29, 0.717) is 23.1 Å². The lowest BCUT2D eigenvalue weighted by Crippen LogP contribution is -2.56. The molecule has 2 N–H and O–H groups in total. The molecule has 1 heterocycles. The summed E-state index contributed by atoms with van der Waals surface area (Å²) in [7, 11) is 0. The zero-order chi connectivity index (χ0) is 18.4. The van der Waals surface area contributed by atoms with Gasteiger partial charge in [-0.3, -0.25) is 19.7 Å². The van der Waals surface area contributed by atoms with E-state index in [1.54, 1.807) is 17.5 Å². The van der Waals surface area contributed by atoms with Crippen molar-refractivity contribution in [3.63, 3.8) is 0 Å². The van der Waals surface area contributed by atoms with Crippen molar-refractivity contribution >= 4 is 29.1 Å². The molecule has 6 nitrogen and oxygen atoms in total. The molecule has 4 bridgehead atoms. The van der Waals surface area contributed by atoms with Gasteiger partial charge in [-0.2, -0.15) is 0 Å². The summed E-state index contributed by atoms with van der Waals surface area (Å²) in [5, 5.41) is 14.7. The third kappa shape index (κ3) is 3.55. The minimum Gasteiger partial charge on any atom is -0.456 e. The van der Waals surface area contributed by atoms with Crippen LogP contribution in [0.3, 0.4) is 0 Å². The van der Waals surface area contributed by atoms with E-state index < -0.39 is 30.0 Å². The molecule has 0 aliphatic heterocycles. The van der Waals surface area contributed by atoms with Gasteiger partial charge in [-0.05, 0) is 67.2 Å². The Bertz CT molecular complexity index is 714. The second-order valence-corrected chi connectivity index (χ2v) is 9.33. The van der Waals surface area contributed by atoms with Crippen molar-refractivity contribution in [3.05, 3.63) is 22.4 Å². The zero-order valence-electron chi connectivity index (χ0n) is 14.5. The van der Waals surface area contributed by atoms with Gasteiger partial charge in [-0.25, -0.2) is 0 Å². The van der Waals surface area contributed by atoms with Crippen molar-refractivity contribution < 1.29 is 24.2 Å². The molecule has 0 saturated heterocycles. The molecular weight excluding hydrogens is 354 g/mol. The average Bonchev–Trinajstić information content (AvgIpc) is 3.04. The van der Waals surface area contributed by atoms with E-state index in [9.17, 15) is 19.5 Å². The summed E-state index contributed by atoms with van der Waals surface area (Å²) in [5.41, 5.74) is -0.798. The lowest BCUT2D eigenvalue weighted by Gasteiger charge is -2.60. The standard InChI is InChI=1S/C19H23NO5S/c21-15(20-17(23)14-2-1-3-26-14)10-25-16(22)9-18-5-12-4-13(6-18)8-19(24,7-12)11-18/h1-3,12-13,24H,4-11H2,(H,20,21,23)/t12-,13+,18?,19?. The normalized spacial score (nSPS) is 34.5. The summed E-state index contributed by atoms with van der Waals surface area (Å²) >= 11 is 1.24. The van der Waals surface area contributed by atoms with Gasteiger partial charge in [0.25, 0.3) is 11.8 Å². The first-order valence-electron chi connectivity index (χ1n) is 9.11. The van der Waals surface area contributed by atoms with Gasteiger partial charge < -0.3 is 9.84 Å². The Hall–Kier alpha value is -1.73. The van der Waals surface area contributed by atoms with E-state index in [-0.39, 0.29) is 11.8 Å². The Kier molecular flexibility index (Phi) is 4.39. The molecule has 1 aromatic rings. The molecule has 140 valence electrons. The number of imide groups is 1. The highest BCUT2D eigenvalue weighted by Crippen LogP contribution is 2.62. The number of ether oxygens (including phenoxy) is 1. The van der Waals surface area contributed by atoms with E-state index in [1.807, 2.05) is 0 Å². The molecular formula is C19H23NO5S. The Morgan fingerprint density at radius 1 is 1.23 bits per heavy atom. The van der Waals surface area contributed by atoms with E-state index in [2.05, 4.69) is 5.32 Å². The molecule has 7 heteroatoms. The fourth-order valence-corrected chi connectivity index (χ4v) is 6.36. The van der Waals surface area contributed by atoms with Crippen LogP contribution in [0, 0.1) is 17.3 Å². The summed E-state index contributed by atoms with van der Waals surface area (Å²) in [6.45, 7) is -0.455. The fourth-order valence-electron chi connectivity index (χ4n) is 5.74. The number of amides is 2. The second-order valence-electron chi connectivity index (χ2n) is 8.38. The molecule has 4 fully saturated rings. The number of esters is 1.